The SMILES string of the molecule is CCCNC1CC(C)(C)Cc2nc(CCCOC)ncc21. The summed E-state index contributed by atoms with van der Waals surface area (Å²) in [5.74, 6) is 0.956. The van der Waals surface area contributed by atoms with Gasteiger partial charge in [0.25, 0.3) is 0 Å². The van der Waals surface area contributed by atoms with Crippen molar-refractivity contribution in [3.8, 4) is 0 Å². The summed E-state index contributed by atoms with van der Waals surface area (Å²) >= 11 is 0. The number of nitrogens with zero attached hydrogens (tertiary/aromatic N) is 2. The molecule has 1 N–H and O–H groups in total. The number of methoxy groups -OCH3 is 1. The molecule has 1 aromatic rings. The number of rotatable bonds is 7. The number of ether oxygens (including phenoxy) is 1. The maximum atomic E-state index is 5.11. The molecule has 0 radical (unpaired) electrons. The Hall–Kier alpha value is -1.00. The van der Waals surface area contributed by atoms with E-state index in [0.717, 1.165) is 51.1 Å². The minimum atomic E-state index is 0.302. The predicted molar refractivity (Wildman–Crippen MR) is 85.4 cm³/mol. The zero-order valence-corrected chi connectivity index (χ0v) is 13.9. The molecule has 4 nitrogen and oxygen atoms in total. The van der Waals surface area contributed by atoms with E-state index in [1.165, 1.54) is 11.3 Å². The Balaban J connectivity index is 2.15. The molecule has 2 rings (SSSR count). The lowest BCUT2D eigenvalue weighted by Gasteiger charge is -2.36. The third kappa shape index (κ3) is 4.48. The fourth-order valence-corrected chi connectivity index (χ4v) is 3.08. The van der Waals surface area contributed by atoms with E-state index < -0.39 is 0 Å². The van der Waals surface area contributed by atoms with Gasteiger partial charge in [0.2, 0.25) is 0 Å². The van der Waals surface area contributed by atoms with Crippen LogP contribution in [0.15, 0.2) is 6.20 Å². The smallest absolute Gasteiger partial charge is 0.128 e. The van der Waals surface area contributed by atoms with E-state index in [-0.39, 0.29) is 0 Å². The van der Waals surface area contributed by atoms with Crippen molar-refractivity contribution >= 4 is 0 Å². The Bertz CT molecular complexity index is 459. The molecule has 1 heterocycles. The second kappa shape index (κ2) is 7.32. The van der Waals surface area contributed by atoms with Crippen molar-refractivity contribution in [1.29, 1.82) is 0 Å². The topological polar surface area (TPSA) is 47.0 Å². The first kappa shape index (κ1) is 16.4. The third-order valence-electron chi connectivity index (χ3n) is 4.12. The molecule has 0 fully saturated rings. The second-order valence-corrected chi connectivity index (χ2v) is 6.84. The first-order valence-corrected chi connectivity index (χ1v) is 8.13. The summed E-state index contributed by atoms with van der Waals surface area (Å²) in [4.78, 5) is 9.40. The molecule has 1 aromatic heterocycles. The molecule has 0 saturated heterocycles. The highest BCUT2D eigenvalue weighted by molar-refractivity contribution is 5.26. The Morgan fingerprint density at radius 3 is 2.95 bits per heavy atom. The van der Waals surface area contributed by atoms with Crippen molar-refractivity contribution in [2.24, 2.45) is 5.41 Å². The minimum absolute atomic E-state index is 0.302. The number of hydrogen-bond donors (Lipinski definition) is 1. The predicted octanol–water partition coefficient (Wildman–Crippen LogP) is 3.07. The summed E-state index contributed by atoms with van der Waals surface area (Å²) in [6.45, 7) is 8.70. The van der Waals surface area contributed by atoms with Gasteiger partial charge in [-0.2, -0.15) is 0 Å². The van der Waals surface area contributed by atoms with Crippen LogP contribution in [0.4, 0.5) is 0 Å². The van der Waals surface area contributed by atoms with E-state index in [0.29, 0.717) is 11.5 Å². The lowest BCUT2D eigenvalue weighted by Crippen LogP contribution is -2.34. The van der Waals surface area contributed by atoms with Crippen LogP contribution in [0.2, 0.25) is 0 Å². The molecule has 1 atom stereocenters. The Morgan fingerprint density at radius 2 is 2.24 bits per heavy atom. The fraction of sp³-hybridized carbons (Fsp3) is 0.765. The van der Waals surface area contributed by atoms with Crippen LogP contribution >= 0.6 is 0 Å². The van der Waals surface area contributed by atoms with E-state index in [1.54, 1.807) is 7.11 Å². The zero-order valence-electron chi connectivity index (χ0n) is 13.9. The zero-order chi connectivity index (χ0) is 15.3. The van der Waals surface area contributed by atoms with Crippen molar-refractivity contribution in [3.63, 3.8) is 0 Å². The van der Waals surface area contributed by atoms with Gasteiger partial charge in [-0.25, -0.2) is 9.97 Å². The van der Waals surface area contributed by atoms with E-state index in [4.69, 9.17) is 9.72 Å². The summed E-state index contributed by atoms with van der Waals surface area (Å²) in [5.41, 5.74) is 2.84. The Kier molecular flexibility index (Phi) is 5.71. The number of hydrogen-bond acceptors (Lipinski definition) is 4. The lowest BCUT2D eigenvalue weighted by atomic mass is 9.74. The van der Waals surface area contributed by atoms with Crippen LogP contribution in [-0.4, -0.2) is 30.2 Å². The lowest BCUT2D eigenvalue weighted by molar-refractivity contribution is 0.194. The van der Waals surface area contributed by atoms with Gasteiger partial charge in [-0.15, -0.1) is 0 Å². The number of aryl methyl sites for hydroxylation is 1. The van der Waals surface area contributed by atoms with Gasteiger partial charge in [-0.05, 0) is 37.6 Å². The van der Waals surface area contributed by atoms with Crippen molar-refractivity contribution in [2.45, 2.75) is 58.9 Å². The monoisotopic (exact) mass is 291 g/mol. The molecule has 0 amide bonds. The van der Waals surface area contributed by atoms with Crippen LogP contribution in [0.1, 0.15) is 63.2 Å². The van der Waals surface area contributed by atoms with Crippen LogP contribution in [0.3, 0.4) is 0 Å². The first-order chi connectivity index (χ1) is 10.1. The van der Waals surface area contributed by atoms with Gasteiger partial charge in [-0.1, -0.05) is 20.8 Å². The molecular formula is C17H29N3O. The molecule has 21 heavy (non-hydrogen) atoms. The Morgan fingerprint density at radius 1 is 1.43 bits per heavy atom. The standard InChI is InChI=1S/C17H29N3O/c1-5-8-18-14-10-17(2,3)11-15-13(14)12-19-16(20-15)7-6-9-21-4/h12,14,18H,5-11H2,1-4H3. The largest absolute Gasteiger partial charge is 0.385 e. The average molecular weight is 291 g/mol. The molecule has 0 saturated carbocycles. The quantitative estimate of drug-likeness (QED) is 0.784. The summed E-state index contributed by atoms with van der Waals surface area (Å²) < 4.78 is 5.11. The molecule has 0 spiro atoms. The van der Waals surface area contributed by atoms with Crippen molar-refractivity contribution in [3.05, 3.63) is 23.3 Å². The van der Waals surface area contributed by atoms with Crippen molar-refractivity contribution < 1.29 is 4.74 Å². The van der Waals surface area contributed by atoms with Gasteiger partial charge >= 0.3 is 0 Å². The maximum absolute atomic E-state index is 5.11. The third-order valence-corrected chi connectivity index (χ3v) is 4.12. The van der Waals surface area contributed by atoms with Crippen molar-refractivity contribution in [2.75, 3.05) is 20.3 Å². The highest BCUT2D eigenvalue weighted by Crippen LogP contribution is 2.39. The summed E-state index contributed by atoms with van der Waals surface area (Å²) in [7, 11) is 1.74. The average Bonchev–Trinajstić information content (AvgIpc) is 2.43. The second-order valence-electron chi connectivity index (χ2n) is 6.84. The van der Waals surface area contributed by atoms with Crippen LogP contribution in [-0.2, 0) is 17.6 Å². The normalized spacial score (nSPS) is 20.3. The van der Waals surface area contributed by atoms with Crippen LogP contribution in [0, 0.1) is 5.41 Å². The van der Waals surface area contributed by atoms with Crippen LogP contribution in [0.5, 0.6) is 0 Å². The summed E-state index contributed by atoms with van der Waals surface area (Å²) in [6.07, 6.45) is 7.29. The first-order valence-electron chi connectivity index (χ1n) is 8.13. The molecule has 0 aliphatic heterocycles. The molecule has 4 heteroatoms. The molecule has 0 aromatic carbocycles. The molecule has 118 valence electrons. The molecule has 1 aliphatic rings. The van der Waals surface area contributed by atoms with E-state index in [1.807, 2.05) is 6.20 Å². The highest BCUT2D eigenvalue weighted by atomic mass is 16.5. The van der Waals surface area contributed by atoms with Crippen LogP contribution in [0.25, 0.3) is 0 Å². The molecule has 1 unspecified atom stereocenters. The van der Waals surface area contributed by atoms with Gasteiger partial charge in [-0.3, -0.25) is 0 Å². The van der Waals surface area contributed by atoms with E-state index >= 15 is 0 Å². The van der Waals surface area contributed by atoms with Crippen LogP contribution < -0.4 is 5.32 Å². The van der Waals surface area contributed by atoms with E-state index in [2.05, 4.69) is 31.1 Å². The van der Waals surface area contributed by atoms with Crippen molar-refractivity contribution in [1.82, 2.24) is 15.3 Å². The van der Waals surface area contributed by atoms with Gasteiger partial charge in [0.05, 0.1) is 0 Å². The molecule has 1 aliphatic carbocycles. The van der Waals surface area contributed by atoms with Gasteiger partial charge in [0.15, 0.2) is 0 Å². The highest BCUT2D eigenvalue weighted by Gasteiger charge is 2.33. The molecule has 0 bridgehead atoms. The van der Waals surface area contributed by atoms with E-state index in [9.17, 15) is 0 Å². The maximum Gasteiger partial charge on any atom is 0.128 e. The Labute approximate surface area is 128 Å². The minimum Gasteiger partial charge on any atom is -0.385 e. The number of aromatic nitrogens is 2. The van der Waals surface area contributed by atoms with Gasteiger partial charge in [0.1, 0.15) is 5.82 Å². The number of fused-ring (bicyclic) bond motifs is 1. The fourth-order valence-electron chi connectivity index (χ4n) is 3.08. The summed E-state index contributed by atoms with van der Waals surface area (Å²) in [5, 5.41) is 3.65. The summed E-state index contributed by atoms with van der Waals surface area (Å²) in [6, 6.07) is 0.400. The molecular weight excluding hydrogens is 262 g/mol. The van der Waals surface area contributed by atoms with Gasteiger partial charge < -0.3 is 10.1 Å². The van der Waals surface area contributed by atoms with Gasteiger partial charge in [0, 0.05) is 43.6 Å². The number of nitrogens with one attached hydrogen (secondary N) is 1.